The van der Waals surface area contributed by atoms with Crippen molar-refractivity contribution >= 4 is 21.6 Å². The van der Waals surface area contributed by atoms with Crippen LogP contribution in [-0.2, 0) is 21.2 Å². The third-order valence-corrected chi connectivity index (χ3v) is 7.42. The monoisotopic (exact) mass is 430 g/mol. The zero-order chi connectivity index (χ0) is 21.0. The molecule has 1 N–H and O–H groups in total. The molecule has 0 spiro atoms. The van der Waals surface area contributed by atoms with Gasteiger partial charge in [-0.1, -0.05) is 30.3 Å². The highest BCUT2D eigenvalue weighted by Gasteiger charge is 2.32. The molecule has 30 heavy (non-hydrogen) atoms. The lowest BCUT2D eigenvalue weighted by Gasteiger charge is -2.31. The summed E-state index contributed by atoms with van der Waals surface area (Å²) in [5.41, 5.74) is 1.75. The third kappa shape index (κ3) is 4.94. The van der Waals surface area contributed by atoms with Gasteiger partial charge in [-0.3, -0.25) is 4.79 Å². The summed E-state index contributed by atoms with van der Waals surface area (Å²) in [7, 11) is -3.38. The number of benzene rings is 2. The fraction of sp³-hybridized carbons (Fsp3) is 0.409. The van der Waals surface area contributed by atoms with Crippen molar-refractivity contribution < 1.29 is 22.7 Å². The maximum Gasteiger partial charge on any atom is 0.231 e. The van der Waals surface area contributed by atoms with Gasteiger partial charge < -0.3 is 14.8 Å². The number of aryl methyl sites for hydroxylation is 1. The smallest absolute Gasteiger partial charge is 0.231 e. The summed E-state index contributed by atoms with van der Waals surface area (Å²) in [6, 6.07) is 15.1. The van der Waals surface area contributed by atoms with E-state index in [2.05, 4.69) is 5.32 Å². The van der Waals surface area contributed by atoms with Crippen LogP contribution in [0.5, 0.6) is 11.5 Å². The predicted molar refractivity (Wildman–Crippen MR) is 114 cm³/mol. The summed E-state index contributed by atoms with van der Waals surface area (Å²) < 4.78 is 37.7. The first kappa shape index (κ1) is 20.7. The summed E-state index contributed by atoms with van der Waals surface area (Å²) in [6.45, 7) is 0.873. The van der Waals surface area contributed by atoms with E-state index in [1.54, 1.807) is 18.2 Å². The molecule has 4 rings (SSSR count). The zero-order valence-electron chi connectivity index (χ0n) is 16.7. The van der Waals surface area contributed by atoms with E-state index in [4.69, 9.17) is 9.47 Å². The molecule has 8 heteroatoms. The fourth-order valence-corrected chi connectivity index (χ4v) is 5.44. The highest BCUT2D eigenvalue weighted by molar-refractivity contribution is 7.89. The molecule has 1 atom stereocenters. The summed E-state index contributed by atoms with van der Waals surface area (Å²) >= 11 is 0. The molecule has 2 aliphatic heterocycles. The van der Waals surface area contributed by atoms with Crippen LogP contribution in [0.2, 0.25) is 0 Å². The summed E-state index contributed by atoms with van der Waals surface area (Å²) in [4.78, 5) is 12.7. The van der Waals surface area contributed by atoms with E-state index < -0.39 is 10.0 Å². The molecule has 0 unspecified atom stereocenters. The molecule has 0 aliphatic carbocycles. The summed E-state index contributed by atoms with van der Waals surface area (Å²) in [6.07, 6.45) is 2.64. The number of nitrogens with zero attached hydrogens (tertiary/aromatic N) is 1. The minimum Gasteiger partial charge on any atom is -0.454 e. The molecular formula is C22H26N2O5S. The number of piperidine rings is 1. The number of fused-ring (bicyclic) bond motifs is 1. The number of carbonyl (C=O) groups is 1. The molecule has 1 saturated heterocycles. The Morgan fingerprint density at radius 2 is 1.90 bits per heavy atom. The maximum absolute atomic E-state index is 12.8. The minimum atomic E-state index is -3.38. The van der Waals surface area contributed by atoms with E-state index >= 15 is 0 Å². The van der Waals surface area contributed by atoms with Crippen LogP contribution in [0.4, 0.5) is 5.69 Å². The van der Waals surface area contributed by atoms with Gasteiger partial charge in [0.05, 0.1) is 11.7 Å². The summed E-state index contributed by atoms with van der Waals surface area (Å²) in [5, 5.41) is 2.88. The van der Waals surface area contributed by atoms with Crippen LogP contribution in [0.3, 0.4) is 0 Å². The maximum atomic E-state index is 12.8. The molecule has 160 valence electrons. The van der Waals surface area contributed by atoms with Crippen LogP contribution in [0.1, 0.15) is 24.8 Å². The Kier molecular flexibility index (Phi) is 6.24. The topological polar surface area (TPSA) is 84.9 Å². The van der Waals surface area contributed by atoms with Crippen molar-refractivity contribution in [2.24, 2.45) is 5.92 Å². The zero-order valence-corrected chi connectivity index (χ0v) is 17.6. The van der Waals surface area contributed by atoms with E-state index in [1.165, 1.54) is 4.31 Å². The van der Waals surface area contributed by atoms with Gasteiger partial charge in [0.2, 0.25) is 22.7 Å². The van der Waals surface area contributed by atoms with Crippen LogP contribution in [-0.4, -0.2) is 44.3 Å². The first-order valence-electron chi connectivity index (χ1n) is 10.2. The van der Waals surface area contributed by atoms with Crippen LogP contribution >= 0.6 is 0 Å². The van der Waals surface area contributed by atoms with E-state index in [0.29, 0.717) is 43.0 Å². The second-order valence-electron chi connectivity index (χ2n) is 7.66. The Morgan fingerprint density at radius 1 is 1.10 bits per heavy atom. The number of amides is 1. The minimum absolute atomic E-state index is 0.0956. The number of sulfonamides is 1. The number of carbonyl (C=O) groups excluding carboxylic acids is 1. The van der Waals surface area contributed by atoms with Crippen LogP contribution in [0, 0.1) is 5.92 Å². The SMILES string of the molecule is O=C(Nc1ccc2c(c1)OCO2)[C@@H]1CCCN(S(=O)(=O)CCCc2ccccc2)C1. The molecule has 7 nitrogen and oxygen atoms in total. The number of hydrogen-bond acceptors (Lipinski definition) is 5. The first-order valence-corrected chi connectivity index (χ1v) is 11.8. The number of ether oxygens (including phenoxy) is 2. The van der Waals surface area contributed by atoms with E-state index in [0.717, 1.165) is 12.0 Å². The molecule has 0 radical (unpaired) electrons. The van der Waals surface area contributed by atoms with Crippen molar-refractivity contribution in [3.63, 3.8) is 0 Å². The number of anilines is 1. The van der Waals surface area contributed by atoms with Crippen molar-refractivity contribution in [1.82, 2.24) is 4.31 Å². The molecule has 0 saturated carbocycles. The van der Waals surface area contributed by atoms with Gasteiger partial charge in [-0.2, -0.15) is 0 Å². The van der Waals surface area contributed by atoms with Gasteiger partial charge in [0, 0.05) is 24.8 Å². The molecule has 0 bridgehead atoms. The first-order chi connectivity index (χ1) is 14.5. The molecule has 1 amide bonds. The predicted octanol–water partition coefficient (Wildman–Crippen LogP) is 3.03. The van der Waals surface area contributed by atoms with Crippen LogP contribution < -0.4 is 14.8 Å². The van der Waals surface area contributed by atoms with Gasteiger partial charge >= 0.3 is 0 Å². The normalized spacial score (nSPS) is 18.9. The van der Waals surface area contributed by atoms with Crippen LogP contribution in [0.15, 0.2) is 48.5 Å². The number of nitrogens with one attached hydrogen (secondary N) is 1. The van der Waals surface area contributed by atoms with Crippen LogP contribution in [0.25, 0.3) is 0 Å². The van der Waals surface area contributed by atoms with Crippen molar-refractivity contribution in [3.8, 4) is 11.5 Å². The van der Waals surface area contributed by atoms with Crippen molar-refractivity contribution in [2.75, 3.05) is 31.0 Å². The standard InChI is InChI=1S/C22H26N2O5S/c25-22(23-19-10-11-20-21(14-19)29-16-28-20)18-9-4-12-24(15-18)30(26,27)13-5-8-17-6-2-1-3-7-17/h1-3,6-7,10-11,14,18H,4-5,8-9,12-13,15-16H2,(H,23,25)/t18-/m1/s1. The van der Waals surface area contributed by atoms with Gasteiger partial charge in [0.25, 0.3) is 0 Å². The Balaban J connectivity index is 1.32. The Labute approximate surface area is 177 Å². The Bertz CT molecular complexity index is 994. The average molecular weight is 431 g/mol. The third-order valence-electron chi connectivity index (χ3n) is 5.50. The number of rotatable bonds is 7. The van der Waals surface area contributed by atoms with Gasteiger partial charge in [0.15, 0.2) is 11.5 Å². The van der Waals surface area contributed by atoms with E-state index in [1.807, 2.05) is 30.3 Å². The van der Waals surface area contributed by atoms with Crippen molar-refractivity contribution in [3.05, 3.63) is 54.1 Å². The van der Waals surface area contributed by atoms with Gasteiger partial charge in [-0.05, 0) is 43.4 Å². The van der Waals surface area contributed by atoms with Crippen molar-refractivity contribution in [1.29, 1.82) is 0 Å². The molecule has 0 aromatic heterocycles. The van der Waals surface area contributed by atoms with Crippen molar-refractivity contribution in [2.45, 2.75) is 25.7 Å². The molecule has 2 heterocycles. The molecule has 2 aliphatic rings. The lowest BCUT2D eigenvalue weighted by Crippen LogP contribution is -2.44. The lowest BCUT2D eigenvalue weighted by molar-refractivity contribution is -0.120. The van der Waals surface area contributed by atoms with Gasteiger partial charge in [0.1, 0.15) is 0 Å². The molecule has 2 aromatic carbocycles. The fourth-order valence-electron chi connectivity index (χ4n) is 3.86. The van der Waals surface area contributed by atoms with E-state index in [9.17, 15) is 13.2 Å². The Morgan fingerprint density at radius 3 is 2.73 bits per heavy atom. The largest absolute Gasteiger partial charge is 0.454 e. The van der Waals surface area contributed by atoms with Gasteiger partial charge in [-0.15, -0.1) is 0 Å². The van der Waals surface area contributed by atoms with Gasteiger partial charge in [-0.25, -0.2) is 12.7 Å². The molecule has 2 aromatic rings. The number of hydrogen-bond donors (Lipinski definition) is 1. The Hall–Kier alpha value is -2.58. The second kappa shape index (κ2) is 9.06. The quantitative estimate of drug-likeness (QED) is 0.730. The highest BCUT2D eigenvalue weighted by atomic mass is 32.2. The molecule has 1 fully saturated rings. The average Bonchev–Trinajstić information content (AvgIpc) is 3.22. The summed E-state index contributed by atoms with van der Waals surface area (Å²) in [5.74, 6) is 0.807. The van der Waals surface area contributed by atoms with E-state index in [-0.39, 0.29) is 30.9 Å². The lowest BCUT2D eigenvalue weighted by atomic mass is 9.98. The highest BCUT2D eigenvalue weighted by Crippen LogP contribution is 2.34. The molecular weight excluding hydrogens is 404 g/mol. The second-order valence-corrected chi connectivity index (χ2v) is 9.75.